The summed E-state index contributed by atoms with van der Waals surface area (Å²) in [7, 11) is 2.13. The number of hydrogen-bond donors (Lipinski definition) is 1. The van der Waals surface area contributed by atoms with Crippen molar-refractivity contribution in [2.75, 3.05) is 38.5 Å². The van der Waals surface area contributed by atoms with E-state index in [1.165, 1.54) is 12.1 Å². The maximum Gasteiger partial charge on any atom is 0.321 e. The van der Waals surface area contributed by atoms with E-state index < -0.39 is 0 Å². The van der Waals surface area contributed by atoms with Crippen LogP contribution >= 0.6 is 0 Å². The molecule has 28 heavy (non-hydrogen) atoms. The summed E-state index contributed by atoms with van der Waals surface area (Å²) in [5.41, 5.74) is 0.573. The van der Waals surface area contributed by atoms with Crippen molar-refractivity contribution in [2.24, 2.45) is 5.92 Å². The summed E-state index contributed by atoms with van der Waals surface area (Å²) in [6, 6.07) is 13.0. The van der Waals surface area contributed by atoms with Gasteiger partial charge in [0.2, 0.25) is 0 Å². The van der Waals surface area contributed by atoms with E-state index in [1.807, 2.05) is 17.0 Å². The molecule has 1 fully saturated rings. The van der Waals surface area contributed by atoms with Gasteiger partial charge in [-0.3, -0.25) is 0 Å². The topological polar surface area (TPSA) is 44.8 Å². The van der Waals surface area contributed by atoms with E-state index in [9.17, 15) is 9.18 Å². The Labute approximate surface area is 166 Å². The molecule has 150 valence electrons. The van der Waals surface area contributed by atoms with Gasteiger partial charge in [-0.2, -0.15) is 0 Å². The summed E-state index contributed by atoms with van der Waals surface area (Å²) in [6.07, 6.45) is 2.15. The van der Waals surface area contributed by atoms with Crippen LogP contribution in [0.15, 0.2) is 48.5 Å². The number of nitrogens with one attached hydrogen (secondary N) is 1. The van der Waals surface area contributed by atoms with E-state index in [0.717, 1.165) is 39.0 Å². The van der Waals surface area contributed by atoms with Crippen LogP contribution in [0.3, 0.4) is 0 Å². The molecule has 0 unspecified atom stereocenters. The van der Waals surface area contributed by atoms with Gasteiger partial charge in [0.05, 0.1) is 5.69 Å². The van der Waals surface area contributed by atoms with E-state index in [4.69, 9.17) is 4.74 Å². The first-order valence-electron chi connectivity index (χ1n) is 9.82. The average molecular weight is 385 g/mol. The first-order valence-corrected chi connectivity index (χ1v) is 9.82. The SMILES string of the molecule is CCCN(C)C[C@H]1CCN(C(=O)Nc2ccccc2Oc2cccc(F)c2)C1. The Morgan fingerprint density at radius 2 is 2.11 bits per heavy atom. The van der Waals surface area contributed by atoms with Crippen LogP contribution in [0.5, 0.6) is 11.5 Å². The van der Waals surface area contributed by atoms with Crippen molar-refractivity contribution in [3.8, 4) is 11.5 Å². The molecular weight excluding hydrogens is 357 g/mol. The molecule has 1 aliphatic rings. The van der Waals surface area contributed by atoms with E-state index in [2.05, 4.69) is 24.2 Å². The number of amides is 2. The van der Waals surface area contributed by atoms with Crippen LogP contribution in [-0.2, 0) is 0 Å². The molecular formula is C22H28FN3O2. The van der Waals surface area contributed by atoms with Gasteiger partial charge in [0.1, 0.15) is 11.6 Å². The summed E-state index contributed by atoms with van der Waals surface area (Å²) in [5.74, 6) is 1.01. The minimum atomic E-state index is -0.366. The Morgan fingerprint density at radius 3 is 2.89 bits per heavy atom. The van der Waals surface area contributed by atoms with Crippen molar-refractivity contribution in [1.82, 2.24) is 9.80 Å². The summed E-state index contributed by atoms with van der Waals surface area (Å²) >= 11 is 0. The number of anilines is 1. The van der Waals surface area contributed by atoms with Crippen LogP contribution in [0.4, 0.5) is 14.9 Å². The normalized spacial score (nSPS) is 16.4. The highest BCUT2D eigenvalue weighted by Gasteiger charge is 2.27. The van der Waals surface area contributed by atoms with Crippen LogP contribution in [0, 0.1) is 11.7 Å². The molecule has 2 aromatic rings. The lowest BCUT2D eigenvalue weighted by Gasteiger charge is -2.21. The molecule has 1 aliphatic heterocycles. The number of likely N-dealkylation sites (tertiary alicyclic amines) is 1. The number of hydrogen-bond acceptors (Lipinski definition) is 3. The number of para-hydroxylation sites is 2. The Balaban J connectivity index is 1.60. The number of halogens is 1. The summed E-state index contributed by atoms with van der Waals surface area (Å²) in [4.78, 5) is 16.9. The van der Waals surface area contributed by atoms with E-state index in [1.54, 1.807) is 24.3 Å². The lowest BCUT2D eigenvalue weighted by atomic mass is 10.1. The molecule has 0 aliphatic carbocycles. The van der Waals surface area contributed by atoms with Crippen LogP contribution < -0.4 is 10.1 Å². The Morgan fingerprint density at radius 1 is 1.29 bits per heavy atom. The molecule has 0 bridgehead atoms. The largest absolute Gasteiger partial charge is 0.455 e. The lowest BCUT2D eigenvalue weighted by molar-refractivity contribution is 0.217. The van der Waals surface area contributed by atoms with E-state index >= 15 is 0 Å². The van der Waals surface area contributed by atoms with Gasteiger partial charge in [0, 0.05) is 25.7 Å². The highest BCUT2D eigenvalue weighted by Crippen LogP contribution is 2.30. The van der Waals surface area contributed by atoms with Crippen molar-refractivity contribution >= 4 is 11.7 Å². The molecule has 1 saturated heterocycles. The predicted octanol–water partition coefficient (Wildman–Crippen LogP) is 4.81. The molecule has 1 N–H and O–H groups in total. The van der Waals surface area contributed by atoms with E-state index in [0.29, 0.717) is 23.1 Å². The first-order chi connectivity index (χ1) is 13.5. The van der Waals surface area contributed by atoms with Crippen molar-refractivity contribution in [3.05, 3.63) is 54.3 Å². The molecule has 0 aromatic heterocycles. The van der Waals surface area contributed by atoms with E-state index in [-0.39, 0.29) is 11.8 Å². The standard InChI is InChI=1S/C22H28FN3O2/c1-3-12-25(2)15-17-11-13-26(16-17)22(27)24-20-9-4-5-10-21(20)28-19-8-6-7-18(23)14-19/h4-10,14,17H,3,11-13,15-16H2,1-2H3,(H,24,27)/t17-/m1/s1. The Hall–Kier alpha value is -2.60. The molecule has 2 amide bonds. The molecule has 0 radical (unpaired) electrons. The Kier molecular flexibility index (Phi) is 6.87. The number of rotatable bonds is 7. The van der Waals surface area contributed by atoms with Crippen LogP contribution in [0.25, 0.3) is 0 Å². The van der Waals surface area contributed by atoms with Gasteiger partial charge in [-0.05, 0) is 56.6 Å². The quantitative estimate of drug-likeness (QED) is 0.744. The van der Waals surface area contributed by atoms with Gasteiger partial charge in [0.15, 0.2) is 5.75 Å². The minimum absolute atomic E-state index is 0.129. The van der Waals surface area contributed by atoms with Gasteiger partial charge >= 0.3 is 6.03 Å². The molecule has 0 spiro atoms. The maximum absolute atomic E-state index is 13.4. The number of ether oxygens (including phenoxy) is 1. The molecule has 2 aromatic carbocycles. The van der Waals surface area contributed by atoms with Crippen LogP contribution in [0.2, 0.25) is 0 Å². The summed E-state index contributed by atoms with van der Waals surface area (Å²) in [6.45, 7) is 5.77. The average Bonchev–Trinajstić information content (AvgIpc) is 3.12. The number of urea groups is 1. The highest BCUT2D eigenvalue weighted by atomic mass is 19.1. The van der Waals surface area contributed by atoms with Crippen molar-refractivity contribution < 1.29 is 13.9 Å². The van der Waals surface area contributed by atoms with Gasteiger partial charge < -0.3 is 19.9 Å². The minimum Gasteiger partial charge on any atom is -0.455 e. The fourth-order valence-corrected chi connectivity index (χ4v) is 3.59. The monoisotopic (exact) mass is 385 g/mol. The van der Waals surface area contributed by atoms with Gasteiger partial charge in [-0.15, -0.1) is 0 Å². The van der Waals surface area contributed by atoms with Crippen molar-refractivity contribution in [1.29, 1.82) is 0 Å². The van der Waals surface area contributed by atoms with Gasteiger partial charge in [0.25, 0.3) is 0 Å². The summed E-state index contributed by atoms with van der Waals surface area (Å²) < 4.78 is 19.2. The van der Waals surface area contributed by atoms with Crippen LogP contribution in [0.1, 0.15) is 19.8 Å². The molecule has 1 heterocycles. The second-order valence-electron chi connectivity index (χ2n) is 7.35. The van der Waals surface area contributed by atoms with Crippen molar-refractivity contribution in [3.63, 3.8) is 0 Å². The molecule has 1 atom stereocenters. The maximum atomic E-state index is 13.4. The third kappa shape index (κ3) is 5.45. The first kappa shape index (κ1) is 20.1. The fraction of sp³-hybridized carbons (Fsp3) is 0.409. The lowest BCUT2D eigenvalue weighted by Crippen LogP contribution is -2.34. The third-order valence-corrected chi connectivity index (χ3v) is 4.90. The second-order valence-corrected chi connectivity index (χ2v) is 7.35. The predicted molar refractivity (Wildman–Crippen MR) is 109 cm³/mol. The third-order valence-electron chi connectivity index (χ3n) is 4.90. The zero-order valence-electron chi connectivity index (χ0n) is 16.5. The number of nitrogens with zero attached hydrogens (tertiary/aromatic N) is 2. The zero-order chi connectivity index (χ0) is 19.9. The fourth-order valence-electron chi connectivity index (χ4n) is 3.59. The Bertz CT molecular complexity index is 799. The molecule has 0 saturated carbocycles. The highest BCUT2D eigenvalue weighted by molar-refractivity contribution is 5.91. The summed E-state index contributed by atoms with van der Waals surface area (Å²) in [5, 5.41) is 2.94. The number of carbonyl (C=O) groups is 1. The van der Waals surface area contributed by atoms with Crippen molar-refractivity contribution in [2.45, 2.75) is 19.8 Å². The second kappa shape index (κ2) is 9.55. The molecule has 3 rings (SSSR count). The van der Waals surface area contributed by atoms with Gasteiger partial charge in [-0.1, -0.05) is 25.1 Å². The van der Waals surface area contributed by atoms with Crippen LogP contribution in [-0.4, -0.2) is 49.1 Å². The number of benzene rings is 2. The van der Waals surface area contributed by atoms with Gasteiger partial charge in [-0.25, -0.2) is 9.18 Å². The number of carbonyl (C=O) groups excluding carboxylic acids is 1. The zero-order valence-corrected chi connectivity index (χ0v) is 16.5. The molecule has 5 nitrogen and oxygen atoms in total. The smallest absolute Gasteiger partial charge is 0.321 e. The molecule has 6 heteroatoms.